The van der Waals surface area contributed by atoms with Crippen LogP contribution in [-0.4, -0.2) is 12.2 Å². The van der Waals surface area contributed by atoms with Crippen molar-refractivity contribution in [3.05, 3.63) is 21.9 Å². The highest BCUT2D eigenvalue weighted by atomic mass is 32.1. The van der Waals surface area contributed by atoms with Gasteiger partial charge in [-0.15, -0.1) is 11.3 Å². The monoisotopic (exact) mass is 251 g/mol. The molecule has 1 rings (SSSR count). The zero-order valence-electron chi connectivity index (χ0n) is 9.18. The molecule has 1 aromatic heterocycles. The van der Waals surface area contributed by atoms with Crippen LogP contribution in [0.1, 0.15) is 29.5 Å². The first-order valence-corrected chi connectivity index (χ1v) is 6.12. The second-order valence-electron chi connectivity index (χ2n) is 3.84. The molecule has 0 saturated carbocycles. The molecule has 1 atom stereocenters. The first-order valence-electron chi connectivity index (χ1n) is 5.30. The van der Waals surface area contributed by atoms with E-state index in [1.807, 2.05) is 12.1 Å². The number of aryl methyl sites for hydroxylation is 1. The lowest BCUT2D eigenvalue weighted by atomic mass is 10.1. The Kier molecular flexibility index (Phi) is 4.80. The van der Waals surface area contributed by atoms with Gasteiger partial charge in [-0.25, -0.2) is 0 Å². The van der Waals surface area contributed by atoms with Gasteiger partial charge in [0.1, 0.15) is 0 Å². The molecule has 1 aromatic rings. The summed E-state index contributed by atoms with van der Waals surface area (Å²) in [6.45, 7) is 2.05. The van der Waals surface area contributed by atoms with Crippen LogP contribution in [0.4, 0.5) is 13.2 Å². The molecule has 0 aromatic carbocycles. The van der Waals surface area contributed by atoms with E-state index in [1.54, 1.807) is 11.3 Å². The van der Waals surface area contributed by atoms with E-state index < -0.39 is 18.6 Å². The van der Waals surface area contributed by atoms with Crippen LogP contribution in [0.15, 0.2) is 12.1 Å². The van der Waals surface area contributed by atoms with E-state index in [4.69, 9.17) is 5.73 Å². The third-order valence-electron chi connectivity index (χ3n) is 2.33. The summed E-state index contributed by atoms with van der Waals surface area (Å²) in [4.78, 5) is 2.32. The minimum atomic E-state index is -4.10. The van der Waals surface area contributed by atoms with Crippen molar-refractivity contribution in [2.24, 2.45) is 5.73 Å². The average Bonchev–Trinajstić information content (AvgIpc) is 2.61. The zero-order valence-corrected chi connectivity index (χ0v) is 10.00. The largest absolute Gasteiger partial charge is 0.389 e. The highest BCUT2D eigenvalue weighted by Crippen LogP contribution is 2.24. The maximum absolute atomic E-state index is 12.0. The van der Waals surface area contributed by atoms with Crippen molar-refractivity contribution in [1.82, 2.24) is 0 Å². The fourth-order valence-corrected chi connectivity index (χ4v) is 2.48. The lowest BCUT2D eigenvalue weighted by Crippen LogP contribution is -2.24. The van der Waals surface area contributed by atoms with Crippen LogP contribution in [-0.2, 0) is 12.8 Å². The second kappa shape index (κ2) is 5.68. The van der Waals surface area contributed by atoms with E-state index in [-0.39, 0.29) is 6.42 Å². The molecule has 1 unspecified atom stereocenters. The molecule has 5 heteroatoms. The summed E-state index contributed by atoms with van der Waals surface area (Å²) in [7, 11) is 0. The lowest BCUT2D eigenvalue weighted by molar-refractivity contribution is -0.136. The van der Waals surface area contributed by atoms with Crippen molar-refractivity contribution in [2.45, 2.75) is 44.8 Å². The Morgan fingerprint density at radius 2 is 1.94 bits per heavy atom. The molecule has 1 nitrogen and oxygen atoms in total. The van der Waals surface area contributed by atoms with Crippen molar-refractivity contribution in [3.8, 4) is 0 Å². The molecule has 0 spiro atoms. The van der Waals surface area contributed by atoms with Gasteiger partial charge in [-0.05, 0) is 31.4 Å². The van der Waals surface area contributed by atoms with Crippen LogP contribution >= 0.6 is 11.3 Å². The van der Waals surface area contributed by atoms with E-state index in [0.29, 0.717) is 6.42 Å². The number of halogens is 3. The zero-order chi connectivity index (χ0) is 12.2. The summed E-state index contributed by atoms with van der Waals surface area (Å²) in [5, 5.41) is 0. The number of alkyl halides is 3. The topological polar surface area (TPSA) is 26.0 Å². The molecule has 0 bridgehead atoms. The van der Waals surface area contributed by atoms with Gasteiger partial charge in [0.2, 0.25) is 0 Å². The quantitative estimate of drug-likeness (QED) is 0.851. The Morgan fingerprint density at radius 1 is 1.31 bits per heavy atom. The van der Waals surface area contributed by atoms with Crippen LogP contribution in [0.2, 0.25) is 0 Å². The minimum Gasteiger partial charge on any atom is -0.327 e. The smallest absolute Gasteiger partial charge is 0.327 e. The van der Waals surface area contributed by atoms with Crippen molar-refractivity contribution in [2.75, 3.05) is 0 Å². The second-order valence-corrected chi connectivity index (χ2v) is 5.09. The average molecular weight is 251 g/mol. The number of hydrogen-bond donors (Lipinski definition) is 1. The molecule has 0 saturated heterocycles. The summed E-state index contributed by atoms with van der Waals surface area (Å²) in [5.41, 5.74) is 5.67. The maximum atomic E-state index is 12.0. The highest BCUT2D eigenvalue weighted by molar-refractivity contribution is 7.11. The Bertz CT molecular complexity index is 319. The molecule has 0 aliphatic heterocycles. The van der Waals surface area contributed by atoms with Gasteiger partial charge < -0.3 is 5.73 Å². The van der Waals surface area contributed by atoms with E-state index in [0.717, 1.165) is 11.3 Å². The first-order chi connectivity index (χ1) is 7.40. The fraction of sp³-hybridized carbons (Fsp3) is 0.636. The molecule has 0 amide bonds. The molecular weight excluding hydrogens is 235 g/mol. The number of hydrogen-bond acceptors (Lipinski definition) is 2. The van der Waals surface area contributed by atoms with Crippen LogP contribution in [0.5, 0.6) is 0 Å². The summed E-state index contributed by atoms with van der Waals surface area (Å²) in [6, 6.07) is 3.57. The Balaban J connectivity index is 2.36. The van der Waals surface area contributed by atoms with Gasteiger partial charge in [-0.3, -0.25) is 0 Å². The number of rotatable bonds is 5. The van der Waals surface area contributed by atoms with Gasteiger partial charge in [0.25, 0.3) is 0 Å². The fourth-order valence-electron chi connectivity index (χ4n) is 1.43. The summed E-state index contributed by atoms with van der Waals surface area (Å²) < 4.78 is 35.9. The predicted octanol–water partition coefficient (Wildman–Crippen LogP) is 3.52. The third-order valence-corrected chi connectivity index (χ3v) is 3.58. The summed E-state index contributed by atoms with van der Waals surface area (Å²) in [5.74, 6) is 0. The Morgan fingerprint density at radius 3 is 2.44 bits per heavy atom. The van der Waals surface area contributed by atoms with E-state index >= 15 is 0 Å². The Hall–Kier alpha value is -0.550. The molecule has 0 aliphatic carbocycles. The number of nitrogens with two attached hydrogens (primary N) is 1. The molecule has 0 aliphatic rings. The minimum absolute atomic E-state index is 0.00284. The highest BCUT2D eigenvalue weighted by Gasteiger charge is 2.27. The maximum Gasteiger partial charge on any atom is 0.389 e. The standard InChI is InChI=1S/C11H16F3NS/c1-2-9-3-4-10(16-9)7-8(15)5-6-11(12,13)14/h3-4,8H,2,5-7,15H2,1H3. The van der Waals surface area contributed by atoms with Gasteiger partial charge in [0.15, 0.2) is 0 Å². The number of thiophene rings is 1. The normalized spacial score (nSPS) is 14.1. The van der Waals surface area contributed by atoms with Crippen LogP contribution in [0.3, 0.4) is 0 Å². The van der Waals surface area contributed by atoms with Gasteiger partial charge in [-0.1, -0.05) is 6.92 Å². The first kappa shape index (κ1) is 13.5. The molecule has 92 valence electrons. The van der Waals surface area contributed by atoms with E-state index in [1.165, 1.54) is 4.88 Å². The van der Waals surface area contributed by atoms with Crippen molar-refractivity contribution in [3.63, 3.8) is 0 Å². The molecule has 1 heterocycles. The van der Waals surface area contributed by atoms with Crippen molar-refractivity contribution in [1.29, 1.82) is 0 Å². The van der Waals surface area contributed by atoms with Crippen LogP contribution in [0, 0.1) is 0 Å². The van der Waals surface area contributed by atoms with Gasteiger partial charge >= 0.3 is 6.18 Å². The van der Waals surface area contributed by atoms with Gasteiger partial charge in [0, 0.05) is 22.2 Å². The molecule has 2 N–H and O–H groups in total. The molecule has 0 fully saturated rings. The predicted molar refractivity (Wildman–Crippen MR) is 60.7 cm³/mol. The van der Waals surface area contributed by atoms with E-state index in [2.05, 4.69) is 6.92 Å². The van der Waals surface area contributed by atoms with Gasteiger partial charge in [0.05, 0.1) is 0 Å². The molecular formula is C11H16F3NS. The Labute approximate surface area is 97.5 Å². The third kappa shape index (κ3) is 4.99. The molecule has 0 radical (unpaired) electrons. The molecule has 16 heavy (non-hydrogen) atoms. The SMILES string of the molecule is CCc1ccc(CC(N)CCC(F)(F)F)s1. The van der Waals surface area contributed by atoms with Gasteiger partial charge in [-0.2, -0.15) is 13.2 Å². The van der Waals surface area contributed by atoms with Crippen molar-refractivity contribution < 1.29 is 13.2 Å². The summed E-state index contributed by atoms with van der Waals surface area (Å²) in [6.07, 6.45) is -3.38. The lowest BCUT2D eigenvalue weighted by Gasteiger charge is -2.11. The van der Waals surface area contributed by atoms with Crippen molar-refractivity contribution >= 4 is 11.3 Å². The van der Waals surface area contributed by atoms with Crippen LogP contribution < -0.4 is 5.73 Å². The summed E-state index contributed by atoms with van der Waals surface area (Å²) >= 11 is 1.63. The van der Waals surface area contributed by atoms with Crippen LogP contribution in [0.25, 0.3) is 0 Å². The van der Waals surface area contributed by atoms with E-state index in [9.17, 15) is 13.2 Å².